The molecule has 7 nitrogen and oxygen atoms in total. The van der Waals surface area contributed by atoms with Gasteiger partial charge in [-0.25, -0.2) is 0 Å². The van der Waals surface area contributed by atoms with Crippen LogP contribution >= 0.6 is 0 Å². The summed E-state index contributed by atoms with van der Waals surface area (Å²) < 4.78 is 28.2. The molecule has 0 amide bonds. The molecule has 3 rings (SSSR count). The maximum Gasteiger partial charge on any atom is 0.203 e. The van der Waals surface area contributed by atoms with Gasteiger partial charge in [-0.05, 0) is 49.2 Å². The van der Waals surface area contributed by atoms with Crippen LogP contribution in [0.1, 0.15) is 25.0 Å². The summed E-state index contributed by atoms with van der Waals surface area (Å²) in [7, 11) is 6.48. The third-order valence-corrected chi connectivity index (χ3v) is 6.06. The third kappa shape index (κ3) is 6.12. The van der Waals surface area contributed by atoms with Crippen molar-refractivity contribution in [1.82, 2.24) is 10.2 Å². The van der Waals surface area contributed by atoms with Crippen molar-refractivity contribution >= 4 is 12.2 Å². The van der Waals surface area contributed by atoms with Crippen LogP contribution in [-0.2, 0) is 0 Å². The van der Waals surface area contributed by atoms with Crippen LogP contribution in [0.3, 0.4) is 0 Å². The molecule has 2 aromatic rings. The Balaban J connectivity index is 1.79. The molecule has 1 aliphatic rings. The minimum Gasteiger partial charge on any atom is -0.493 e. The van der Waals surface area contributed by atoms with Gasteiger partial charge in [-0.2, -0.15) is 0 Å². The highest BCUT2D eigenvalue weighted by Gasteiger charge is 2.24. The summed E-state index contributed by atoms with van der Waals surface area (Å²) in [5.74, 6) is 3.26. The van der Waals surface area contributed by atoms with Crippen molar-refractivity contribution in [1.29, 1.82) is 0 Å². The summed E-state index contributed by atoms with van der Waals surface area (Å²) in [6, 6.07) is 10.1. The third-order valence-electron chi connectivity index (χ3n) is 6.06. The van der Waals surface area contributed by atoms with Crippen molar-refractivity contribution in [2.45, 2.75) is 26.0 Å². The Morgan fingerprint density at radius 3 is 1.91 bits per heavy atom. The molecule has 2 atom stereocenters. The Hall–Kier alpha value is -2.90. The molecule has 1 heterocycles. The predicted octanol–water partition coefficient (Wildman–Crippen LogP) is 3.95. The van der Waals surface area contributed by atoms with E-state index in [0.717, 1.165) is 48.8 Å². The van der Waals surface area contributed by atoms with E-state index in [9.17, 15) is 0 Å². The van der Waals surface area contributed by atoms with Gasteiger partial charge in [-0.15, -0.1) is 0 Å². The Kier molecular flexibility index (Phi) is 8.86. The van der Waals surface area contributed by atoms with Crippen molar-refractivity contribution in [2.75, 3.05) is 54.6 Å². The molecule has 0 aromatic heterocycles. The number of piperazine rings is 1. The zero-order valence-electron chi connectivity index (χ0n) is 20.5. The molecule has 0 radical (unpaired) electrons. The van der Waals surface area contributed by atoms with Gasteiger partial charge in [0.05, 0.1) is 28.4 Å². The Morgan fingerprint density at radius 1 is 0.758 bits per heavy atom. The first-order valence-corrected chi connectivity index (χ1v) is 11.3. The lowest BCUT2D eigenvalue weighted by atomic mass is 10.1. The normalized spacial score (nSPS) is 16.3. The standard InChI is InChI=1S/C26H36N2O5/c1-18(28-13-11-27-12-14-28)19(2)33-23-15-20(9-10-22(23)29-3)7-8-21-16-24(30-4)26(32-6)25(17-21)31-5/h7-10,15-19,27H,11-14H2,1-6H3/b8-7-. The zero-order valence-corrected chi connectivity index (χ0v) is 20.5. The van der Waals surface area contributed by atoms with E-state index >= 15 is 0 Å². The number of hydrogen-bond acceptors (Lipinski definition) is 7. The number of rotatable bonds is 10. The summed E-state index contributed by atoms with van der Waals surface area (Å²) >= 11 is 0. The molecule has 0 spiro atoms. The molecule has 0 saturated carbocycles. The molecule has 1 fully saturated rings. The molecule has 1 aliphatic heterocycles. The average molecular weight is 457 g/mol. The minimum atomic E-state index is 0.0198. The molecule has 33 heavy (non-hydrogen) atoms. The van der Waals surface area contributed by atoms with Gasteiger partial charge >= 0.3 is 0 Å². The molecule has 0 aliphatic carbocycles. The summed E-state index contributed by atoms with van der Waals surface area (Å²) in [5, 5.41) is 3.40. The summed E-state index contributed by atoms with van der Waals surface area (Å²) in [6.45, 7) is 8.43. The van der Waals surface area contributed by atoms with E-state index in [0.29, 0.717) is 23.3 Å². The van der Waals surface area contributed by atoms with E-state index in [2.05, 4.69) is 24.1 Å². The molecule has 1 N–H and O–H groups in total. The molecule has 7 heteroatoms. The predicted molar refractivity (Wildman–Crippen MR) is 132 cm³/mol. The monoisotopic (exact) mass is 456 g/mol. The zero-order chi connectivity index (χ0) is 23.8. The van der Waals surface area contributed by atoms with Gasteiger partial charge in [-0.3, -0.25) is 4.90 Å². The van der Waals surface area contributed by atoms with Crippen LogP contribution in [0.25, 0.3) is 12.2 Å². The lowest BCUT2D eigenvalue weighted by Gasteiger charge is -2.36. The number of methoxy groups -OCH3 is 4. The van der Waals surface area contributed by atoms with Crippen molar-refractivity contribution in [3.05, 3.63) is 41.5 Å². The first-order chi connectivity index (χ1) is 16.0. The van der Waals surface area contributed by atoms with Gasteiger partial charge in [0, 0.05) is 32.2 Å². The lowest BCUT2D eigenvalue weighted by molar-refractivity contribution is 0.0768. The second kappa shape index (κ2) is 11.8. The highest BCUT2D eigenvalue weighted by Crippen LogP contribution is 2.39. The highest BCUT2D eigenvalue weighted by molar-refractivity contribution is 5.73. The van der Waals surface area contributed by atoms with Crippen LogP contribution in [0.4, 0.5) is 0 Å². The van der Waals surface area contributed by atoms with Gasteiger partial charge in [0.25, 0.3) is 0 Å². The molecule has 0 bridgehead atoms. The topological polar surface area (TPSA) is 61.4 Å². The maximum absolute atomic E-state index is 6.37. The van der Waals surface area contributed by atoms with Crippen LogP contribution in [0.5, 0.6) is 28.7 Å². The molecule has 2 unspecified atom stereocenters. The van der Waals surface area contributed by atoms with Gasteiger partial charge in [0.2, 0.25) is 5.75 Å². The lowest BCUT2D eigenvalue weighted by Crippen LogP contribution is -2.51. The van der Waals surface area contributed by atoms with Gasteiger partial charge < -0.3 is 29.0 Å². The van der Waals surface area contributed by atoms with Crippen LogP contribution in [0.15, 0.2) is 30.3 Å². The number of nitrogens with one attached hydrogen (secondary N) is 1. The first kappa shape index (κ1) is 24.7. The van der Waals surface area contributed by atoms with Crippen molar-refractivity contribution < 1.29 is 23.7 Å². The van der Waals surface area contributed by atoms with E-state index in [1.807, 2.05) is 42.5 Å². The fourth-order valence-electron chi connectivity index (χ4n) is 3.96. The van der Waals surface area contributed by atoms with Crippen LogP contribution in [0, 0.1) is 0 Å². The largest absolute Gasteiger partial charge is 0.493 e. The minimum absolute atomic E-state index is 0.0198. The van der Waals surface area contributed by atoms with E-state index in [-0.39, 0.29) is 6.10 Å². The molecule has 2 aromatic carbocycles. The fourth-order valence-corrected chi connectivity index (χ4v) is 3.96. The SMILES string of the molecule is COc1ccc(/C=C\c2cc(OC)c(OC)c(OC)c2)cc1OC(C)C(C)N1CCNCC1. The fraction of sp³-hybridized carbons (Fsp3) is 0.462. The Bertz CT molecular complexity index is 915. The first-order valence-electron chi connectivity index (χ1n) is 11.3. The summed E-state index contributed by atoms with van der Waals surface area (Å²) in [6.07, 6.45) is 4.05. The van der Waals surface area contributed by atoms with Crippen molar-refractivity contribution in [2.24, 2.45) is 0 Å². The maximum atomic E-state index is 6.37. The van der Waals surface area contributed by atoms with Crippen molar-refractivity contribution in [3.63, 3.8) is 0 Å². The van der Waals surface area contributed by atoms with E-state index < -0.39 is 0 Å². The van der Waals surface area contributed by atoms with E-state index in [1.165, 1.54) is 0 Å². The molecular weight excluding hydrogens is 420 g/mol. The Labute approximate surface area is 197 Å². The molecule has 1 saturated heterocycles. The van der Waals surface area contributed by atoms with Gasteiger partial charge in [0.15, 0.2) is 23.0 Å². The second-order valence-electron chi connectivity index (χ2n) is 8.05. The number of ether oxygens (including phenoxy) is 5. The number of hydrogen-bond donors (Lipinski definition) is 1. The van der Waals surface area contributed by atoms with E-state index in [4.69, 9.17) is 23.7 Å². The van der Waals surface area contributed by atoms with Crippen LogP contribution in [-0.4, -0.2) is 71.7 Å². The van der Waals surface area contributed by atoms with Gasteiger partial charge in [0.1, 0.15) is 6.10 Å². The number of benzene rings is 2. The molecular formula is C26H36N2O5. The Morgan fingerprint density at radius 2 is 1.33 bits per heavy atom. The quantitative estimate of drug-likeness (QED) is 0.543. The highest BCUT2D eigenvalue weighted by atomic mass is 16.5. The summed E-state index contributed by atoms with van der Waals surface area (Å²) in [4.78, 5) is 2.46. The smallest absolute Gasteiger partial charge is 0.203 e. The van der Waals surface area contributed by atoms with Gasteiger partial charge in [-0.1, -0.05) is 18.2 Å². The average Bonchev–Trinajstić information content (AvgIpc) is 2.86. The second-order valence-corrected chi connectivity index (χ2v) is 8.05. The molecule has 180 valence electrons. The van der Waals surface area contributed by atoms with Crippen LogP contribution in [0.2, 0.25) is 0 Å². The number of nitrogens with zero attached hydrogens (tertiary/aromatic N) is 1. The van der Waals surface area contributed by atoms with E-state index in [1.54, 1.807) is 28.4 Å². The van der Waals surface area contributed by atoms with Crippen LogP contribution < -0.4 is 29.0 Å². The summed E-state index contributed by atoms with van der Waals surface area (Å²) in [5.41, 5.74) is 1.94. The van der Waals surface area contributed by atoms with Crippen molar-refractivity contribution in [3.8, 4) is 28.7 Å².